The highest BCUT2D eigenvalue weighted by Gasteiger charge is 2.16. The Hall–Kier alpha value is -2.47. The van der Waals surface area contributed by atoms with Crippen LogP contribution in [0, 0.1) is 0 Å². The number of nitrogens with zero attached hydrogens (tertiary/aromatic N) is 4. The molecule has 1 fully saturated rings. The molecule has 1 N–H and O–H groups in total. The van der Waals surface area contributed by atoms with Gasteiger partial charge in [0.25, 0.3) is 5.91 Å². The topological polar surface area (TPSA) is 61.4 Å². The third kappa shape index (κ3) is 3.40. The molecule has 2 heterocycles. The fourth-order valence-corrected chi connectivity index (χ4v) is 2.40. The van der Waals surface area contributed by atoms with E-state index in [4.69, 9.17) is 0 Å². The van der Waals surface area contributed by atoms with E-state index in [1.165, 1.54) is 6.33 Å². The van der Waals surface area contributed by atoms with Crippen LogP contribution in [0.2, 0.25) is 0 Å². The summed E-state index contributed by atoms with van der Waals surface area (Å²) in [5.41, 5.74) is 0.613. The van der Waals surface area contributed by atoms with Crippen molar-refractivity contribution in [2.75, 3.05) is 43.4 Å². The molecule has 114 valence electrons. The highest BCUT2D eigenvalue weighted by atomic mass is 16.1. The molecule has 0 aliphatic carbocycles. The lowest BCUT2D eigenvalue weighted by molar-refractivity contribution is 0.102. The van der Waals surface area contributed by atoms with Gasteiger partial charge in [0.05, 0.1) is 0 Å². The van der Waals surface area contributed by atoms with Crippen molar-refractivity contribution >= 4 is 17.5 Å². The van der Waals surface area contributed by atoms with E-state index < -0.39 is 0 Å². The molecule has 1 aromatic heterocycles. The van der Waals surface area contributed by atoms with Crippen LogP contribution in [0.15, 0.2) is 42.7 Å². The molecular weight excluding hydrogens is 278 g/mol. The first-order valence-corrected chi connectivity index (χ1v) is 7.34. The van der Waals surface area contributed by atoms with Crippen LogP contribution in [0.4, 0.5) is 11.6 Å². The van der Waals surface area contributed by atoms with Crippen LogP contribution in [-0.4, -0.2) is 54.0 Å². The van der Waals surface area contributed by atoms with E-state index in [0.29, 0.717) is 11.4 Å². The van der Waals surface area contributed by atoms with E-state index >= 15 is 0 Å². The minimum atomic E-state index is -0.163. The molecule has 3 rings (SSSR count). The van der Waals surface area contributed by atoms with Crippen molar-refractivity contribution in [3.05, 3.63) is 48.3 Å². The molecular formula is C16H19N5O. The van der Waals surface area contributed by atoms with Gasteiger partial charge in [-0.15, -0.1) is 0 Å². The molecule has 0 saturated carbocycles. The van der Waals surface area contributed by atoms with Crippen molar-refractivity contribution in [2.24, 2.45) is 0 Å². The second-order valence-corrected chi connectivity index (χ2v) is 5.37. The first-order valence-electron chi connectivity index (χ1n) is 7.34. The summed E-state index contributed by atoms with van der Waals surface area (Å²) >= 11 is 0. The first-order chi connectivity index (χ1) is 10.7. The monoisotopic (exact) mass is 297 g/mol. The predicted octanol–water partition coefficient (Wildman–Crippen LogP) is 1.48. The smallest absolute Gasteiger partial charge is 0.256 e. The van der Waals surface area contributed by atoms with Crippen LogP contribution >= 0.6 is 0 Å². The van der Waals surface area contributed by atoms with Gasteiger partial charge < -0.3 is 15.1 Å². The molecule has 6 nitrogen and oxygen atoms in total. The standard InChI is InChI=1S/C16H19N5O/c1-20-7-9-21(10-8-20)15-11-14(17-12-18-15)19-16(22)13-5-3-2-4-6-13/h2-6,11-12H,7-10H2,1H3,(H,17,18,19,22). The number of carbonyl (C=O) groups is 1. The summed E-state index contributed by atoms with van der Waals surface area (Å²) in [5, 5.41) is 2.82. The van der Waals surface area contributed by atoms with Crippen molar-refractivity contribution in [1.29, 1.82) is 0 Å². The Balaban J connectivity index is 1.70. The maximum absolute atomic E-state index is 12.2. The SMILES string of the molecule is CN1CCN(c2cc(NC(=O)c3ccccc3)ncn2)CC1. The number of piperazine rings is 1. The summed E-state index contributed by atoms with van der Waals surface area (Å²) in [6.45, 7) is 3.88. The number of aromatic nitrogens is 2. The number of rotatable bonds is 3. The summed E-state index contributed by atoms with van der Waals surface area (Å²) < 4.78 is 0. The quantitative estimate of drug-likeness (QED) is 0.930. The number of nitrogens with one attached hydrogen (secondary N) is 1. The highest BCUT2D eigenvalue weighted by molar-refractivity contribution is 6.03. The second-order valence-electron chi connectivity index (χ2n) is 5.37. The minimum Gasteiger partial charge on any atom is -0.354 e. The van der Waals surface area contributed by atoms with E-state index in [2.05, 4.69) is 32.1 Å². The van der Waals surface area contributed by atoms with Crippen molar-refractivity contribution in [3.8, 4) is 0 Å². The summed E-state index contributed by atoms with van der Waals surface area (Å²) in [6.07, 6.45) is 1.49. The fourth-order valence-electron chi connectivity index (χ4n) is 2.40. The molecule has 0 unspecified atom stereocenters. The average Bonchev–Trinajstić information content (AvgIpc) is 2.56. The number of hydrogen-bond donors (Lipinski definition) is 1. The van der Waals surface area contributed by atoms with Crippen LogP contribution in [0.25, 0.3) is 0 Å². The van der Waals surface area contributed by atoms with Crippen LogP contribution in [0.5, 0.6) is 0 Å². The fraction of sp³-hybridized carbons (Fsp3) is 0.312. The minimum absolute atomic E-state index is 0.163. The van der Waals surface area contributed by atoms with Gasteiger partial charge >= 0.3 is 0 Å². The van der Waals surface area contributed by atoms with Gasteiger partial charge in [0.15, 0.2) is 0 Å². The number of hydrogen-bond acceptors (Lipinski definition) is 5. The molecule has 1 saturated heterocycles. The second kappa shape index (κ2) is 6.53. The zero-order chi connectivity index (χ0) is 15.4. The van der Waals surface area contributed by atoms with E-state index in [1.807, 2.05) is 24.3 Å². The van der Waals surface area contributed by atoms with E-state index in [0.717, 1.165) is 32.0 Å². The largest absolute Gasteiger partial charge is 0.354 e. The molecule has 1 aliphatic rings. The van der Waals surface area contributed by atoms with Gasteiger partial charge in [-0.25, -0.2) is 9.97 Å². The lowest BCUT2D eigenvalue weighted by Crippen LogP contribution is -2.44. The van der Waals surface area contributed by atoms with Crippen molar-refractivity contribution in [1.82, 2.24) is 14.9 Å². The lowest BCUT2D eigenvalue weighted by atomic mass is 10.2. The Morgan fingerprint density at radius 2 is 1.82 bits per heavy atom. The Bertz CT molecular complexity index is 638. The van der Waals surface area contributed by atoms with Gasteiger partial charge in [0, 0.05) is 37.8 Å². The number of benzene rings is 1. The zero-order valence-electron chi connectivity index (χ0n) is 12.6. The lowest BCUT2D eigenvalue weighted by Gasteiger charge is -2.33. The van der Waals surface area contributed by atoms with Crippen molar-refractivity contribution in [2.45, 2.75) is 0 Å². The van der Waals surface area contributed by atoms with Crippen molar-refractivity contribution < 1.29 is 4.79 Å². The Labute approximate surface area is 129 Å². The summed E-state index contributed by atoms with van der Waals surface area (Å²) in [7, 11) is 2.11. The number of carbonyl (C=O) groups excluding carboxylic acids is 1. The molecule has 1 aromatic carbocycles. The third-order valence-electron chi connectivity index (χ3n) is 3.76. The average molecular weight is 297 g/mol. The van der Waals surface area contributed by atoms with Crippen LogP contribution in [0.3, 0.4) is 0 Å². The summed E-state index contributed by atoms with van der Waals surface area (Å²) in [5.74, 6) is 1.22. The Morgan fingerprint density at radius 3 is 2.55 bits per heavy atom. The van der Waals surface area contributed by atoms with Gasteiger partial charge in [-0.3, -0.25) is 4.79 Å². The Kier molecular flexibility index (Phi) is 4.29. The highest BCUT2D eigenvalue weighted by Crippen LogP contribution is 2.16. The van der Waals surface area contributed by atoms with Gasteiger partial charge in [-0.05, 0) is 19.2 Å². The van der Waals surface area contributed by atoms with E-state index in [-0.39, 0.29) is 5.91 Å². The molecule has 2 aromatic rings. The van der Waals surface area contributed by atoms with E-state index in [9.17, 15) is 4.79 Å². The maximum atomic E-state index is 12.2. The van der Waals surface area contributed by atoms with Gasteiger partial charge in [0.2, 0.25) is 0 Å². The van der Waals surface area contributed by atoms with E-state index in [1.54, 1.807) is 12.1 Å². The molecule has 22 heavy (non-hydrogen) atoms. The van der Waals surface area contributed by atoms with Crippen molar-refractivity contribution in [3.63, 3.8) is 0 Å². The molecule has 0 atom stereocenters. The summed E-state index contributed by atoms with van der Waals surface area (Å²) in [4.78, 5) is 25.1. The number of likely N-dealkylation sites (N-methyl/N-ethyl adjacent to an activating group) is 1. The molecule has 0 spiro atoms. The van der Waals surface area contributed by atoms with Crippen LogP contribution in [-0.2, 0) is 0 Å². The number of anilines is 2. The molecule has 1 amide bonds. The Morgan fingerprint density at radius 1 is 1.09 bits per heavy atom. The van der Waals surface area contributed by atoms with Crippen LogP contribution in [0.1, 0.15) is 10.4 Å². The third-order valence-corrected chi connectivity index (χ3v) is 3.76. The zero-order valence-corrected chi connectivity index (χ0v) is 12.6. The maximum Gasteiger partial charge on any atom is 0.256 e. The normalized spacial score (nSPS) is 15.6. The van der Waals surface area contributed by atoms with Gasteiger partial charge in [0.1, 0.15) is 18.0 Å². The predicted molar refractivity (Wildman–Crippen MR) is 86.1 cm³/mol. The summed E-state index contributed by atoms with van der Waals surface area (Å²) in [6, 6.07) is 10.9. The molecule has 0 radical (unpaired) electrons. The van der Waals surface area contributed by atoms with Gasteiger partial charge in [-0.2, -0.15) is 0 Å². The van der Waals surface area contributed by atoms with Gasteiger partial charge in [-0.1, -0.05) is 18.2 Å². The first kappa shape index (κ1) is 14.5. The molecule has 0 bridgehead atoms. The molecule has 1 aliphatic heterocycles. The van der Waals surface area contributed by atoms with Crippen LogP contribution < -0.4 is 10.2 Å². The number of amides is 1. The molecule has 6 heteroatoms.